The van der Waals surface area contributed by atoms with Crippen LogP contribution in [-0.4, -0.2) is 32.1 Å². The molecule has 21 heavy (non-hydrogen) atoms. The van der Waals surface area contributed by atoms with E-state index in [4.69, 9.17) is 11.6 Å². The first-order valence-electron chi connectivity index (χ1n) is 5.41. The van der Waals surface area contributed by atoms with Gasteiger partial charge in [0.1, 0.15) is 17.3 Å². The largest absolute Gasteiger partial charge is 0.426 e. The number of halogens is 5. The van der Waals surface area contributed by atoms with Crippen LogP contribution in [-0.2, 0) is 14.6 Å². The molecule has 1 rings (SSSR count). The Hall–Kier alpha value is -1.35. The highest BCUT2D eigenvalue weighted by Crippen LogP contribution is 2.22. The zero-order valence-corrected chi connectivity index (χ0v) is 11.9. The Morgan fingerprint density at radius 2 is 1.90 bits per heavy atom. The predicted molar refractivity (Wildman–Crippen MR) is 66.4 cm³/mol. The molecule has 118 valence electrons. The quantitative estimate of drug-likeness (QED) is 0.466. The molecule has 1 aromatic carbocycles. The van der Waals surface area contributed by atoms with E-state index in [0.717, 1.165) is 18.2 Å². The fraction of sp³-hybridized carbons (Fsp3) is 0.364. The Bertz CT molecular complexity index is 628. The van der Waals surface area contributed by atoms with Gasteiger partial charge in [-0.3, -0.25) is 4.79 Å². The minimum absolute atomic E-state index is 0.229. The van der Waals surface area contributed by atoms with E-state index in [0.29, 0.717) is 0 Å². The Balaban J connectivity index is 2.62. The molecular weight excluding hydrogens is 340 g/mol. The summed E-state index contributed by atoms with van der Waals surface area (Å²) < 4.78 is 75.9. The van der Waals surface area contributed by atoms with Crippen LogP contribution in [0.25, 0.3) is 0 Å². The molecule has 0 saturated heterocycles. The summed E-state index contributed by atoms with van der Waals surface area (Å²) in [6, 6.07) is 2.95. The van der Waals surface area contributed by atoms with E-state index >= 15 is 0 Å². The molecule has 0 spiro atoms. The van der Waals surface area contributed by atoms with Crippen LogP contribution in [0.3, 0.4) is 0 Å². The lowest BCUT2D eigenvalue weighted by Gasteiger charge is -2.08. The molecule has 0 radical (unpaired) electrons. The van der Waals surface area contributed by atoms with Gasteiger partial charge in [0.15, 0.2) is 9.84 Å². The van der Waals surface area contributed by atoms with Gasteiger partial charge in [0.25, 0.3) is 0 Å². The van der Waals surface area contributed by atoms with E-state index in [1.54, 1.807) is 0 Å². The lowest BCUT2D eigenvalue weighted by molar-refractivity contribution is -0.132. The third-order valence-corrected chi connectivity index (χ3v) is 3.97. The predicted octanol–water partition coefficient (Wildman–Crippen LogP) is 2.75. The number of benzene rings is 1. The summed E-state index contributed by atoms with van der Waals surface area (Å²) in [5.74, 6) is -4.94. The molecule has 0 heterocycles. The number of hydrogen-bond acceptors (Lipinski definition) is 4. The van der Waals surface area contributed by atoms with Crippen molar-refractivity contribution in [2.75, 3.05) is 11.5 Å². The Kier molecular flexibility index (Phi) is 5.57. The van der Waals surface area contributed by atoms with Crippen LogP contribution < -0.4 is 4.74 Å². The van der Waals surface area contributed by atoms with Gasteiger partial charge in [0, 0.05) is 6.07 Å². The zero-order chi connectivity index (χ0) is 16.3. The molecular formula is C11H9ClF4O4S. The van der Waals surface area contributed by atoms with E-state index in [1.807, 2.05) is 0 Å². The molecule has 0 aromatic heterocycles. The molecule has 10 heteroatoms. The smallest absolute Gasteiger partial charge is 0.390 e. The summed E-state index contributed by atoms with van der Waals surface area (Å²) in [4.78, 5) is 11.3. The fourth-order valence-electron chi connectivity index (χ4n) is 1.22. The van der Waals surface area contributed by atoms with Crippen molar-refractivity contribution in [2.24, 2.45) is 0 Å². The molecule has 0 bridgehead atoms. The molecule has 0 saturated carbocycles. The summed E-state index contributed by atoms with van der Waals surface area (Å²) in [6.07, 6.45) is -6.20. The molecule has 0 unspecified atom stereocenters. The van der Waals surface area contributed by atoms with Crippen LogP contribution in [0.4, 0.5) is 17.6 Å². The second kappa shape index (κ2) is 6.61. The van der Waals surface area contributed by atoms with E-state index in [1.165, 1.54) is 0 Å². The Labute approximate surface area is 122 Å². The minimum Gasteiger partial charge on any atom is -0.426 e. The molecule has 0 aliphatic rings. The van der Waals surface area contributed by atoms with Crippen LogP contribution in [0.15, 0.2) is 18.2 Å². The van der Waals surface area contributed by atoms with Crippen molar-refractivity contribution in [1.29, 1.82) is 0 Å². The van der Waals surface area contributed by atoms with Crippen molar-refractivity contribution in [1.82, 2.24) is 0 Å². The van der Waals surface area contributed by atoms with Crippen LogP contribution >= 0.6 is 11.6 Å². The third kappa shape index (κ3) is 6.76. The second-order valence-corrected chi connectivity index (χ2v) is 6.60. The lowest BCUT2D eigenvalue weighted by atomic mass is 10.3. The molecule has 0 amide bonds. The summed E-state index contributed by atoms with van der Waals surface area (Å²) in [7, 11) is -4.27. The van der Waals surface area contributed by atoms with E-state index < -0.39 is 45.7 Å². The van der Waals surface area contributed by atoms with E-state index in [9.17, 15) is 30.8 Å². The number of carbonyl (C=O) groups is 1. The first-order valence-corrected chi connectivity index (χ1v) is 7.61. The topological polar surface area (TPSA) is 60.4 Å². The number of carbonyl (C=O) groups excluding carboxylic acids is 1. The van der Waals surface area contributed by atoms with E-state index in [2.05, 4.69) is 4.74 Å². The normalized spacial score (nSPS) is 12.2. The average Bonchev–Trinajstić information content (AvgIpc) is 2.30. The number of alkyl halides is 3. The molecule has 0 aliphatic carbocycles. The maximum absolute atomic E-state index is 13.1. The van der Waals surface area contributed by atoms with Gasteiger partial charge in [-0.05, 0) is 12.1 Å². The third-order valence-electron chi connectivity index (χ3n) is 2.16. The first-order chi connectivity index (χ1) is 9.48. The van der Waals surface area contributed by atoms with Gasteiger partial charge in [-0.2, -0.15) is 13.2 Å². The van der Waals surface area contributed by atoms with Crippen molar-refractivity contribution < 1.29 is 35.5 Å². The summed E-state index contributed by atoms with van der Waals surface area (Å²) in [5, 5.41) is -0.229. The van der Waals surface area contributed by atoms with Crippen LogP contribution in [0.5, 0.6) is 5.75 Å². The summed E-state index contributed by atoms with van der Waals surface area (Å²) in [6.45, 7) is 0. The number of rotatable bonds is 5. The van der Waals surface area contributed by atoms with Gasteiger partial charge < -0.3 is 4.74 Å². The fourth-order valence-corrected chi connectivity index (χ4v) is 2.45. The maximum Gasteiger partial charge on any atom is 0.390 e. The Morgan fingerprint density at radius 1 is 1.29 bits per heavy atom. The van der Waals surface area contributed by atoms with Crippen molar-refractivity contribution in [2.45, 2.75) is 12.6 Å². The molecule has 0 fully saturated rings. The van der Waals surface area contributed by atoms with Crippen molar-refractivity contribution >= 4 is 27.4 Å². The summed E-state index contributed by atoms with van der Waals surface area (Å²) in [5.41, 5.74) is 0. The number of hydrogen-bond donors (Lipinski definition) is 0. The monoisotopic (exact) mass is 348 g/mol. The van der Waals surface area contributed by atoms with Gasteiger partial charge in [0.05, 0.1) is 17.2 Å². The van der Waals surface area contributed by atoms with Crippen LogP contribution in [0, 0.1) is 5.82 Å². The van der Waals surface area contributed by atoms with E-state index in [-0.39, 0.29) is 10.8 Å². The molecule has 0 N–H and O–H groups in total. The molecule has 0 atom stereocenters. The highest BCUT2D eigenvalue weighted by Gasteiger charge is 2.31. The van der Waals surface area contributed by atoms with Crippen LogP contribution in [0.2, 0.25) is 5.02 Å². The SMILES string of the molecule is O=C(CS(=O)(=O)CCC(F)(F)F)Oc1ccc(Cl)c(F)c1. The lowest BCUT2D eigenvalue weighted by Crippen LogP contribution is -2.25. The average molecular weight is 349 g/mol. The molecule has 1 aromatic rings. The minimum atomic E-state index is -4.64. The first kappa shape index (κ1) is 17.7. The van der Waals surface area contributed by atoms with Gasteiger partial charge in [-0.15, -0.1) is 0 Å². The highest BCUT2D eigenvalue weighted by atomic mass is 35.5. The number of sulfone groups is 1. The second-order valence-electron chi connectivity index (χ2n) is 4.01. The van der Waals surface area contributed by atoms with Gasteiger partial charge in [-0.25, -0.2) is 12.8 Å². The van der Waals surface area contributed by atoms with Crippen LogP contribution in [0.1, 0.15) is 6.42 Å². The zero-order valence-electron chi connectivity index (χ0n) is 10.3. The van der Waals surface area contributed by atoms with Gasteiger partial charge in [-0.1, -0.05) is 11.6 Å². The summed E-state index contributed by atoms with van der Waals surface area (Å²) >= 11 is 5.39. The van der Waals surface area contributed by atoms with Gasteiger partial charge in [0.2, 0.25) is 0 Å². The van der Waals surface area contributed by atoms with Gasteiger partial charge >= 0.3 is 12.1 Å². The van der Waals surface area contributed by atoms with Crippen molar-refractivity contribution in [3.63, 3.8) is 0 Å². The van der Waals surface area contributed by atoms with Crippen molar-refractivity contribution in [3.05, 3.63) is 29.0 Å². The number of ether oxygens (including phenoxy) is 1. The maximum atomic E-state index is 13.1. The van der Waals surface area contributed by atoms with Crippen molar-refractivity contribution in [3.8, 4) is 5.75 Å². The number of esters is 1. The molecule has 4 nitrogen and oxygen atoms in total. The highest BCUT2D eigenvalue weighted by molar-refractivity contribution is 7.92. The molecule has 0 aliphatic heterocycles. The Morgan fingerprint density at radius 3 is 2.43 bits per heavy atom. The standard InChI is InChI=1S/C11H9ClF4O4S/c12-8-2-1-7(5-9(8)13)20-10(17)6-21(18,19)4-3-11(14,15)16/h1-2,5H,3-4,6H2.